The Morgan fingerprint density at radius 1 is 1.33 bits per heavy atom. The van der Waals surface area contributed by atoms with Gasteiger partial charge in [-0.1, -0.05) is 30.3 Å². The maximum absolute atomic E-state index is 11.8. The molecule has 0 heterocycles. The van der Waals surface area contributed by atoms with Crippen LogP contribution in [0.3, 0.4) is 0 Å². The fourth-order valence-corrected chi connectivity index (χ4v) is 1.56. The molecule has 98 valence electrons. The number of benzene rings is 1. The zero-order valence-corrected chi connectivity index (χ0v) is 10.3. The number of aliphatic carboxylic acids is 1. The second kappa shape index (κ2) is 6.76. The number of carbonyl (C=O) groups excluding carboxylic acids is 1. The number of hydrogen-bond acceptors (Lipinski definition) is 3. The molecule has 0 bridgehead atoms. The summed E-state index contributed by atoms with van der Waals surface area (Å²) in [7, 11) is 0. The highest BCUT2D eigenvalue weighted by Gasteiger charge is 2.17. The van der Waals surface area contributed by atoms with Crippen LogP contribution in [0.15, 0.2) is 30.3 Å². The average molecular weight is 250 g/mol. The molecular formula is C13H18N2O3. The molecule has 0 spiro atoms. The number of carboxylic acid groups (broad SMARTS) is 1. The Labute approximate surface area is 106 Å². The van der Waals surface area contributed by atoms with Crippen LogP contribution in [-0.2, 0) is 9.59 Å². The SMILES string of the molecule is CC(CCC(=O)O)NC(=O)[C@H](N)c1ccccc1. The van der Waals surface area contributed by atoms with Crippen LogP contribution in [0.4, 0.5) is 0 Å². The molecular weight excluding hydrogens is 232 g/mol. The fourth-order valence-electron chi connectivity index (χ4n) is 1.56. The first-order chi connectivity index (χ1) is 8.50. The summed E-state index contributed by atoms with van der Waals surface area (Å²) in [6.07, 6.45) is 0.421. The van der Waals surface area contributed by atoms with Crippen LogP contribution in [0.5, 0.6) is 0 Å². The van der Waals surface area contributed by atoms with Crippen LogP contribution < -0.4 is 11.1 Å². The minimum atomic E-state index is -0.872. The van der Waals surface area contributed by atoms with Crippen molar-refractivity contribution in [1.29, 1.82) is 0 Å². The predicted octanol–water partition coefficient (Wildman–Crippen LogP) is 1.06. The van der Waals surface area contributed by atoms with E-state index in [9.17, 15) is 9.59 Å². The molecule has 0 radical (unpaired) electrons. The predicted molar refractivity (Wildman–Crippen MR) is 67.8 cm³/mol. The number of nitrogens with one attached hydrogen (secondary N) is 1. The molecule has 0 saturated heterocycles. The second-order valence-corrected chi connectivity index (χ2v) is 4.23. The van der Waals surface area contributed by atoms with Gasteiger partial charge in [-0.05, 0) is 18.9 Å². The molecule has 1 aromatic rings. The number of carbonyl (C=O) groups is 2. The minimum Gasteiger partial charge on any atom is -0.481 e. The Bertz CT molecular complexity index is 406. The Balaban J connectivity index is 2.47. The third kappa shape index (κ3) is 4.55. The van der Waals surface area contributed by atoms with Gasteiger partial charge in [0.15, 0.2) is 0 Å². The lowest BCUT2D eigenvalue weighted by Gasteiger charge is -2.17. The topological polar surface area (TPSA) is 92.4 Å². The van der Waals surface area contributed by atoms with Gasteiger partial charge in [0, 0.05) is 12.5 Å². The van der Waals surface area contributed by atoms with E-state index in [0.717, 1.165) is 5.56 Å². The Hall–Kier alpha value is -1.88. The Morgan fingerprint density at radius 3 is 2.50 bits per heavy atom. The van der Waals surface area contributed by atoms with Gasteiger partial charge in [-0.15, -0.1) is 0 Å². The molecule has 4 N–H and O–H groups in total. The van der Waals surface area contributed by atoms with Gasteiger partial charge < -0.3 is 16.2 Å². The van der Waals surface area contributed by atoms with E-state index in [1.807, 2.05) is 18.2 Å². The van der Waals surface area contributed by atoms with Crippen molar-refractivity contribution in [3.63, 3.8) is 0 Å². The lowest BCUT2D eigenvalue weighted by atomic mass is 10.1. The van der Waals surface area contributed by atoms with Gasteiger partial charge in [0.2, 0.25) is 5.91 Å². The lowest BCUT2D eigenvalue weighted by Crippen LogP contribution is -2.39. The van der Waals surface area contributed by atoms with Gasteiger partial charge in [-0.25, -0.2) is 0 Å². The van der Waals surface area contributed by atoms with Crippen molar-refractivity contribution in [3.8, 4) is 0 Å². The molecule has 18 heavy (non-hydrogen) atoms. The van der Waals surface area contributed by atoms with E-state index in [0.29, 0.717) is 6.42 Å². The molecule has 5 nitrogen and oxygen atoms in total. The van der Waals surface area contributed by atoms with E-state index in [-0.39, 0.29) is 18.4 Å². The average Bonchev–Trinajstić information content (AvgIpc) is 2.36. The first kappa shape index (κ1) is 14.2. The van der Waals surface area contributed by atoms with E-state index in [1.165, 1.54) is 0 Å². The third-order valence-electron chi connectivity index (χ3n) is 2.62. The van der Waals surface area contributed by atoms with Gasteiger partial charge in [-0.3, -0.25) is 9.59 Å². The highest BCUT2D eigenvalue weighted by atomic mass is 16.4. The van der Waals surface area contributed by atoms with Gasteiger partial charge in [-0.2, -0.15) is 0 Å². The number of hydrogen-bond donors (Lipinski definition) is 3. The fraction of sp³-hybridized carbons (Fsp3) is 0.385. The summed E-state index contributed by atoms with van der Waals surface area (Å²) in [4.78, 5) is 22.2. The summed E-state index contributed by atoms with van der Waals surface area (Å²) in [6, 6.07) is 8.12. The molecule has 5 heteroatoms. The van der Waals surface area contributed by atoms with Crippen LogP contribution >= 0.6 is 0 Å². The zero-order chi connectivity index (χ0) is 13.5. The van der Waals surface area contributed by atoms with Gasteiger partial charge in [0.1, 0.15) is 6.04 Å². The first-order valence-corrected chi connectivity index (χ1v) is 5.83. The van der Waals surface area contributed by atoms with E-state index in [2.05, 4.69) is 5.32 Å². The molecule has 0 aromatic heterocycles. The Kier molecular flexibility index (Phi) is 5.32. The number of nitrogens with two attached hydrogens (primary N) is 1. The smallest absolute Gasteiger partial charge is 0.303 e. The summed E-state index contributed by atoms with van der Waals surface area (Å²) in [5, 5.41) is 11.3. The zero-order valence-electron chi connectivity index (χ0n) is 10.3. The van der Waals surface area contributed by atoms with E-state index in [1.54, 1.807) is 19.1 Å². The standard InChI is InChI=1S/C13H18N2O3/c1-9(7-8-11(16)17)15-13(18)12(14)10-5-3-2-4-6-10/h2-6,9,12H,7-8,14H2,1H3,(H,15,18)(H,16,17)/t9?,12-/m1/s1. The van der Waals surface area contributed by atoms with Crippen molar-refractivity contribution >= 4 is 11.9 Å². The largest absolute Gasteiger partial charge is 0.481 e. The van der Waals surface area contributed by atoms with Crippen LogP contribution in [0.2, 0.25) is 0 Å². The van der Waals surface area contributed by atoms with Crippen LogP contribution in [0, 0.1) is 0 Å². The molecule has 0 aliphatic heterocycles. The number of amides is 1. The van der Waals surface area contributed by atoms with Crippen molar-refractivity contribution in [2.75, 3.05) is 0 Å². The molecule has 0 fully saturated rings. The van der Waals surface area contributed by atoms with Gasteiger partial charge in [0.05, 0.1) is 0 Å². The van der Waals surface area contributed by atoms with E-state index >= 15 is 0 Å². The van der Waals surface area contributed by atoms with Crippen LogP contribution in [0.25, 0.3) is 0 Å². The summed E-state index contributed by atoms with van der Waals surface area (Å²) in [5.41, 5.74) is 6.55. The van der Waals surface area contributed by atoms with Crippen molar-refractivity contribution < 1.29 is 14.7 Å². The van der Waals surface area contributed by atoms with Gasteiger partial charge >= 0.3 is 5.97 Å². The minimum absolute atomic E-state index is 0.0298. The van der Waals surface area contributed by atoms with Crippen molar-refractivity contribution in [1.82, 2.24) is 5.32 Å². The maximum atomic E-state index is 11.8. The van der Waals surface area contributed by atoms with E-state index < -0.39 is 12.0 Å². The van der Waals surface area contributed by atoms with E-state index in [4.69, 9.17) is 10.8 Å². The lowest BCUT2D eigenvalue weighted by molar-refractivity contribution is -0.137. The molecule has 0 saturated carbocycles. The van der Waals surface area contributed by atoms with Gasteiger partial charge in [0.25, 0.3) is 0 Å². The second-order valence-electron chi connectivity index (χ2n) is 4.23. The summed E-state index contributed by atoms with van der Waals surface area (Å²) >= 11 is 0. The maximum Gasteiger partial charge on any atom is 0.303 e. The monoisotopic (exact) mass is 250 g/mol. The summed E-state index contributed by atoms with van der Waals surface area (Å²) in [6.45, 7) is 1.76. The number of carboxylic acids is 1. The molecule has 0 aliphatic carbocycles. The van der Waals surface area contributed by atoms with Crippen LogP contribution in [-0.4, -0.2) is 23.0 Å². The highest BCUT2D eigenvalue weighted by Crippen LogP contribution is 2.10. The highest BCUT2D eigenvalue weighted by molar-refractivity contribution is 5.83. The quantitative estimate of drug-likeness (QED) is 0.703. The van der Waals surface area contributed by atoms with Crippen molar-refractivity contribution in [2.45, 2.75) is 31.8 Å². The normalized spacial score (nSPS) is 13.7. The third-order valence-corrected chi connectivity index (χ3v) is 2.62. The molecule has 1 amide bonds. The molecule has 0 aliphatic rings. The molecule has 2 atom stereocenters. The molecule has 1 unspecified atom stereocenters. The number of rotatable bonds is 6. The van der Waals surface area contributed by atoms with Crippen LogP contribution in [0.1, 0.15) is 31.4 Å². The van der Waals surface area contributed by atoms with Crippen molar-refractivity contribution in [2.24, 2.45) is 5.73 Å². The molecule has 1 rings (SSSR count). The van der Waals surface area contributed by atoms with Crippen molar-refractivity contribution in [3.05, 3.63) is 35.9 Å². The summed E-state index contributed by atoms with van der Waals surface area (Å²) in [5.74, 6) is -1.16. The Morgan fingerprint density at radius 2 is 1.94 bits per heavy atom. The first-order valence-electron chi connectivity index (χ1n) is 5.83. The summed E-state index contributed by atoms with van der Waals surface area (Å²) < 4.78 is 0. The molecule has 1 aromatic carbocycles.